The summed E-state index contributed by atoms with van der Waals surface area (Å²) in [5, 5.41) is 4.19. The Bertz CT molecular complexity index is 532. The summed E-state index contributed by atoms with van der Waals surface area (Å²) in [5.74, 6) is 0.684. The van der Waals surface area contributed by atoms with E-state index in [9.17, 15) is 0 Å². The molecule has 96 valence electrons. The van der Waals surface area contributed by atoms with Crippen molar-refractivity contribution >= 4 is 0 Å². The molecule has 0 aliphatic heterocycles. The van der Waals surface area contributed by atoms with Gasteiger partial charge < -0.3 is 4.74 Å². The highest BCUT2D eigenvalue weighted by atomic mass is 16.5. The molecule has 0 aromatic carbocycles. The van der Waals surface area contributed by atoms with Crippen LogP contribution >= 0.6 is 0 Å². The second-order valence-corrected chi connectivity index (χ2v) is 4.61. The van der Waals surface area contributed by atoms with E-state index in [0.717, 1.165) is 23.2 Å². The van der Waals surface area contributed by atoms with Crippen molar-refractivity contribution in [3.63, 3.8) is 0 Å². The lowest BCUT2D eigenvalue weighted by Gasteiger charge is -2.11. The minimum absolute atomic E-state index is 0.131. The van der Waals surface area contributed by atoms with Crippen molar-refractivity contribution in [2.75, 3.05) is 0 Å². The summed E-state index contributed by atoms with van der Waals surface area (Å²) in [4.78, 5) is 4.47. The SMILES string of the molecule is CCc1cc(-c2cnn(C)c2)cc(OC(C)C)n1. The predicted molar refractivity (Wildman–Crippen MR) is 71.6 cm³/mol. The second kappa shape index (κ2) is 5.21. The van der Waals surface area contributed by atoms with Gasteiger partial charge in [0.05, 0.1) is 12.3 Å². The second-order valence-electron chi connectivity index (χ2n) is 4.61. The first kappa shape index (κ1) is 12.6. The molecule has 0 saturated carbocycles. The number of pyridine rings is 1. The zero-order valence-corrected chi connectivity index (χ0v) is 11.3. The van der Waals surface area contributed by atoms with Gasteiger partial charge in [0.2, 0.25) is 5.88 Å². The molecule has 0 bridgehead atoms. The standard InChI is InChI=1S/C14H19N3O/c1-5-13-6-11(12-8-15-17(4)9-12)7-14(16-13)18-10(2)3/h6-10H,5H2,1-4H3. The van der Waals surface area contributed by atoms with Crippen LogP contribution in [0.25, 0.3) is 11.1 Å². The topological polar surface area (TPSA) is 39.9 Å². The summed E-state index contributed by atoms with van der Waals surface area (Å²) in [6.45, 7) is 6.10. The van der Waals surface area contributed by atoms with Crippen LogP contribution in [0.4, 0.5) is 0 Å². The average Bonchev–Trinajstić information content (AvgIpc) is 2.74. The Morgan fingerprint density at radius 2 is 2.06 bits per heavy atom. The van der Waals surface area contributed by atoms with E-state index in [2.05, 4.69) is 23.1 Å². The molecule has 4 heteroatoms. The molecular weight excluding hydrogens is 226 g/mol. The maximum Gasteiger partial charge on any atom is 0.214 e. The fraction of sp³-hybridized carbons (Fsp3) is 0.429. The molecule has 2 aromatic heterocycles. The zero-order chi connectivity index (χ0) is 13.1. The monoisotopic (exact) mass is 245 g/mol. The Kier molecular flexibility index (Phi) is 3.65. The van der Waals surface area contributed by atoms with Crippen molar-refractivity contribution < 1.29 is 4.74 Å². The van der Waals surface area contributed by atoms with Crippen LogP contribution in [0, 0.1) is 0 Å². The minimum Gasteiger partial charge on any atom is -0.475 e. The van der Waals surface area contributed by atoms with Gasteiger partial charge in [-0.15, -0.1) is 0 Å². The largest absolute Gasteiger partial charge is 0.475 e. The van der Waals surface area contributed by atoms with Crippen molar-refractivity contribution in [1.29, 1.82) is 0 Å². The van der Waals surface area contributed by atoms with E-state index < -0.39 is 0 Å². The highest BCUT2D eigenvalue weighted by molar-refractivity contribution is 5.63. The summed E-state index contributed by atoms with van der Waals surface area (Å²) >= 11 is 0. The molecule has 0 N–H and O–H groups in total. The summed E-state index contributed by atoms with van der Waals surface area (Å²) in [7, 11) is 1.91. The van der Waals surface area contributed by atoms with Crippen molar-refractivity contribution in [2.45, 2.75) is 33.3 Å². The van der Waals surface area contributed by atoms with Crippen LogP contribution in [0.5, 0.6) is 5.88 Å². The number of hydrogen-bond donors (Lipinski definition) is 0. The van der Waals surface area contributed by atoms with Gasteiger partial charge in [-0.05, 0) is 31.9 Å². The maximum atomic E-state index is 5.69. The lowest BCUT2D eigenvalue weighted by atomic mass is 10.1. The maximum absolute atomic E-state index is 5.69. The molecule has 0 saturated heterocycles. The molecule has 4 nitrogen and oxygen atoms in total. The van der Waals surface area contributed by atoms with Crippen LogP contribution in [0.3, 0.4) is 0 Å². The highest BCUT2D eigenvalue weighted by Crippen LogP contribution is 2.24. The van der Waals surface area contributed by atoms with Gasteiger partial charge in [0, 0.05) is 30.6 Å². The first-order chi connectivity index (χ1) is 8.58. The normalized spacial score (nSPS) is 10.9. The number of ether oxygens (including phenoxy) is 1. The molecule has 0 aliphatic carbocycles. The summed E-state index contributed by atoms with van der Waals surface area (Å²) < 4.78 is 7.48. The molecule has 18 heavy (non-hydrogen) atoms. The summed E-state index contributed by atoms with van der Waals surface area (Å²) in [6.07, 6.45) is 4.87. The summed E-state index contributed by atoms with van der Waals surface area (Å²) in [5.41, 5.74) is 3.22. The summed E-state index contributed by atoms with van der Waals surface area (Å²) in [6, 6.07) is 4.06. The van der Waals surface area contributed by atoms with Crippen molar-refractivity contribution in [1.82, 2.24) is 14.8 Å². The highest BCUT2D eigenvalue weighted by Gasteiger charge is 2.07. The predicted octanol–water partition coefficient (Wildman–Crippen LogP) is 2.83. The number of nitrogens with zero attached hydrogens (tertiary/aromatic N) is 3. The molecule has 0 amide bonds. The molecule has 2 rings (SSSR count). The van der Waals surface area contributed by atoms with Gasteiger partial charge in [-0.2, -0.15) is 5.10 Å². The third kappa shape index (κ3) is 2.88. The van der Waals surface area contributed by atoms with Gasteiger partial charge in [0.15, 0.2) is 0 Å². The van der Waals surface area contributed by atoms with Crippen LogP contribution in [0.1, 0.15) is 26.5 Å². The smallest absolute Gasteiger partial charge is 0.214 e. The van der Waals surface area contributed by atoms with Gasteiger partial charge >= 0.3 is 0 Å². The fourth-order valence-electron chi connectivity index (χ4n) is 1.78. The average molecular weight is 245 g/mol. The molecule has 0 atom stereocenters. The van der Waals surface area contributed by atoms with E-state index in [0.29, 0.717) is 5.88 Å². The van der Waals surface area contributed by atoms with Crippen LogP contribution in [0.15, 0.2) is 24.5 Å². The van der Waals surface area contributed by atoms with E-state index in [1.165, 1.54) is 0 Å². The van der Waals surface area contributed by atoms with E-state index in [-0.39, 0.29) is 6.10 Å². The van der Waals surface area contributed by atoms with E-state index in [1.54, 1.807) is 4.68 Å². The first-order valence-electron chi connectivity index (χ1n) is 6.25. The van der Waals surface area contributed by atoms with Crippen LogP contribution in [0.2, 0.25) is 0 Å². The Hall–Kier alpha value is -1.84. The number of aryl methyl sites for hydroxylation is 2. The Balaban J connectivity index is 2.40. The quantitative estimate of drug-likeness (QED) is 0.831. The van der Waals surface area contributed by atoms with Crippen molar-refractivity contribution in [3.8, 4) is 17.0 Å². The molecule has 0 radical (unpaired) electrons. The van der Waals surface area contributed by atoms with Gasteiger partial charge in [0.25, 0.3) is 0 Å². The Morgan fingerprint density at radius 3 is 2.61 bits per heavy atom. The van der Waals surface area contributed by atoms with Gasteiger partial charge in [-0.3, -0.25) is 4.68 Å². The van der Waals surface area contributed by atoms with Crippen LogP contribution < -0.4 is 4.74 Å². The zero-order valence-electron chi connectivity index (χ0n) is 11.3. The molecule has 2 heterocycles. The van der Waals surface area contributed by atoms with E-state index in [4.69, 9.17) is 4.74 Å². The molecular formula is C14H19N3O. The van der Waals surface area contributed by atoms with Crippen molar-refractivity contribution in [2.24, 2.45) is 7.05 Å². The third-order valence-electron chi connectivity index (χ3n) is 2.61. The van der Waals surface area contributed by atoms with Crippen LogP contribution in [-0.4, -0.2) is 20.9 Å². The van der Waals surface area contributed by atoms with Gasteiger partial charge in [-0.25, -0.2) is 4.98 Å². The number of rotatable bonds is 4. The molecule has 2 aromatic rings. The molecule has 0 fully saturated rings. The van der Waals surface area contributed by atoms with Gasteiger partial charge in [0.1, 0.15) is 0 Å². The molecule has 0 unspecified atom stereocenters. The van der Waals surface area contributed by atoms with E-state index >= 15 is 0 Å². The lowest BCUT2D eigenvalue weighted by molar-refractivity contribution is 0.232. The van der Waals surface area contributed by atoms with Gasteiger partial charge in [-0.1, -0.05) is 6.92 Å². The van der Waals surface area contributed by atoms with Crippen molar-refractivity contribution in [3.05, 3.63) is 30.2 Å². The first-order valence-corrected chi connectivity index (χ1v) is 6.25. The molecule has 0 spiro atoms. The Labute approximate surface area is 108 Å². The Morgan fingerprint density at radius 1 is 1.28 bits per heavy atom. The fourth-order valence-corrected chi connectivity index (χ4v) is 1.78. The van der Waals surface area contributed by atoms with E-state index in [1.807, 2.05) is 39.4 Å². The molecule has 0 aliphatic rings. The third-order valence-corrected chi connectivity index (χ3v) is 2.61. The number of hydrogen-bond acceptors (Lipinski definition) is 3. The number of aromatic nitrogens is 3. The van der Waals surface area contributed by atoms with Crippen LogP contribution in [-0.2, 0) is 13.5 Å². The lowest BCUT2D eigenvalue weighted by Crippen LogP contribution is -2.07. The minimum atomic E-state index is 0.131.